The molecule has 0 amide bonds. The molecule has 0 aromatic heterocycles. The summed E-state index contributed by atoms with van der Waals surface area (Å²) < 4.78 is 22.5. The van der Waals surface area contributed by atoms with Gasteiger partial charge in [0, 0.05) is 6.54 Å². The Hall–Kier alpha value is -0.910. The molecule has 0 saturated heterocycles. The molecule has 0 aliphatic carbocycles. The topological polar surface area (TPSA) is 72.2 Å². The highest BCUT2D eigenvalue weighted by Crippen LogP contribution is 2.13. The van der Waals surface area contributed by atoms with Crippen LogP contribution < -0.4 is 10.5 Å². The Balaban J connectivity index is 2.88. The molecule has 4 nitrogen and oxygen atoms in total. The van der Waals surface area contributed by atoms with E-state index in [1.807, 2.05) is 0 Å². The van der Waals surface area contributed by atoms with Gasteiger partial charge in [-0.1, -0.05) is 25.1 Å². The summed E-state index contributed by atoms with van der Waals surface area (Å²) in [4.78, 5) is 0.202. The van der Waals surface area contributed by atoms with E-state index >= 15 is 0 Å². The molecule has 0 bridgehead atoms. The van der Waals surface area contributed by atoms with Gasteiger partial charge in [0.15, 0.2) is 0 Å². The van der Waals surface area contributed by atoms with Crippen molar-refractivity contribution in [2.45, 2.75) is 24.8 Å². The van der Waals surface area contributed by atoms with Crippen LogP contribution in [0.5, 0.6) is 0 Å². The predicted octanol–water partition coefficient (Wildman–Crippen LogP) is 0.834. The first-order valence-corrected chi connectivity index (χ1v) is 6.41. The normalized spacial score (nSPS) is 11.6. The van der Waals surface area contributed by atoms with E-state index in [-0.39, 0.29) is 4.90 Å². The number of hydrogen-bond donors (Lipinski definition) is 2. The number of nitrogens with two attached hydrogens (primary N) is 1. The predicted molar refractivity (Wildman–Crippen MR) is 59.8 cm³/mol. The molecular formula is C10H16N2O2S. The van der Waals surface area contributed by atoms with Crippen LogP contribution >= 0.6 is 0 Å². The number of primary sulfonamides is 1. The maximum absolute atomic E-state index is 11.2. The molecule has 0 fully saturated rings. The lowest BCUT2D eigenvalue weighted by Crippen LogP contribution is -2.19. The molecule has 0 unspecified atom stereocenters. The molecule has 1 aromatic rings. The monoisotopic (exact) mass is 228 g/mol. The molecule has 0 saturated carbocycles. The lowest BCUT2D eigenvalue weighted by Gasteiger charge is -2.07. The molecule has 0 aliphatic heterocycles. The first-order valence-electron chi connectivity index (χ1n) is 4.87. The third-order valence-corrected chi connectivity index (χ3v) is 3.03. The van der Waals surface area contributed by atoms with Gasteiger partial charge < -0.3 is 5.32 Å². The Morgan fingerprint density at radius 3 is 2.60 bits per heavy atom. The summed E-state index contributed by atoms with van der Waals surface area (Å²) in [7, 11) is -3.61. The summed E-state index contributed by atoms with van der Waals surface area (Å²) in [5, 5.41) is 8.25. The van der Waals surface area contributed by atoms with E-state index in [0.717, 1.165) is 13.0 Å². The molecule has 1 aromatic carbocycles. The lowest BCUT2D eigenvalue weighted by molar-refractivity contribution is 0.594. The molecular weight excluding hydrogens is 212 g/mol. The van der Waals surface area contributed by atoms with Crippen LogP contribution in [-0.4, -0.2) is 15.0 Å². The molecule has 0 atom stereocenters. The second-order valence-corrected chi connectivity index (χ2v) is 4.86. The van der Waals surface area contributed by atoms with Crippen LogP contribution in [-0.2, 0) is 16.6 Å². The average molecular weight is 228 g/mol. The summed E-state index contributed by atoms with van der Waals surface area (Å²) >= 11 is 0. The van der Waals surface area contributed by atoms with Gasteiger partial charge in [0.1, 0.15) is 0 Å². The standard InChI is InChI=1S/C10H16N2O2S/c1-2-7-12-8-9-5-3-4-6-10(9)15(11,13)14/h3-6,12H,2,7-8H2,1H3,(H2,11,13,14). The Bertz CT molecular complexity index is 415. The summed E-state index contributed by atoms with van der Waals surface area (Å²) in [6.07, 6.45) is 1.01. The summed E-state index contributed by atoms with van der Waals surface area (Å²) in [6.45, 7) is 3.44. The zero-order chi connectivity index (χ0) is 11.3. The van der Waals surface area contributed by atoms with Crippen molar-refractivity contribution < 1.29 is 8.42 Å². The minimum atomic E-state index is -3.61. The van der Waals surface area contributed by atoms with E-state index in [2.05, 4.69) is 12.2 Å². The maximum Gasteiger partial charge on any atom is 0.238 e. The van der Waals surface area contributed by atoms with Gasteiger partial charge in [-0.2, -0.15) is 0 Å². The Morgan fingerprint density at radius 1 is 1.33 bits per heavy atom. The Kier molecular flexibility index (Phi) is 4.26. The van der Waals surface area contributed by atoms with Gasteiger partial charge in [0.25, 0.3) is 0 Å². The molecule has 3 N–H and O–H groups in total. The average Bonchev–Trinajstić information content (AvgIpc) is 2.17. The van der Waals surface area contributed by atoms with Gasteiger partial charge in [0.2, 0.25) is 10.0 Å². The van der Waals surface area contributed by atoms with Crippen LogP contribution in [0.15, 0.2) is 29.2 Å². The maximum atomic E-state index is 11.2. The molecule has 0 heterocycles. The van der Waals surface area contributed by atoms with Crippen molar-refractivity contribution in [3.05, 3.63) is 29.8 Å². The van der Waals surface area contributed by atoms with Gasteiger partial charge >= 0.3 is 0 Å². The quantitative estimate of drug-likeness (QED) is 0.733. The van der Waals surface area contributed by atoms with E-state index in [1.165, 1.54) is 6.07 Å². The lowest BCUT2D eigenvalue weighted by atomic mass is 10.2. The summed E-state index contributed by atoms with van der Waals surface area (Å²) in [5.41, 5.74) is 0.716. The second-order valence-electron chi connectivity index (χ2n) is 3.33. The van der Waals surface area contributed by atoms with E-state index in [9.17, 15) is 8.42 Å². The number of nitrogens with one attached hydrogen (secondary N) is 1. The highest BCUT2D eigenvalue weighted by Gasteiger charge is 2.11. The first kappa shape index (κ1) is 12.2. The molecule has 0 spiro atoms. The van der Waals surface area contributed by atoms with Crippen molar-refractivity contribution in [2.75, 3.05) is 6.54 Å². The Morgan fingerprint density at radius 2 is 2.00 bits per heavy atom. The number of benzene rings is 1. The van der Waals surface area contributed by atoms with Gasteiger partial charge in [-0.25, -0.2) is 13.6 Å². The fourth-order valence-corrected chi connectivity index (χ4v) is 2.10. The SMILES string of the molecule is CCCNCc1ccccc1S(N)(=O)=O. The molecule has 5 heteroatoms. The molecule has 0 radical (unpaired) electrons. The van der Waals surface area contributed by atoms with Crippen LogP contribution in [0.25, 0.3) is 0 Å². The second kappa shape index (κ2) is 5.25. The highest BCUT2D eigenvalue weighted by molar-refractivity contribution is 7.89. The van der Waals surface area contributed by atoms with E-state index in [0.29, 0.717) is 12.1 Å². The highest BCUT2D eigenvalue weighted by atomic mass is 32.2. The molecule has 1 rings (SSSR count). The first-order chi connectivity index (χ1) is 7.05. The Labute approximate surface area is 90.5 Å². The molecule has 84 valence electrons. The van der Waals surface area contributed by atoms with Gasteiger partial charge in [-0.3, -0.25) is 0 Å². The van der Waals surface area contributed by atoms with Crippen molar-refractivity contribution in [3.63, 3.8) is 0 Å². The summed E-state index contributed by atoms with van der Waals surface area (Å²) in [5.74, 6) is 0. The number of sulfonamides is 1. The van der Waals surface area contributed by atoms with Crippen LogP contribution in [0, 0.1) is 0 Å². The van der Waals surface area contributed by atoms with E-state index < -0.39 is 10.0 Å². The third-order valence-electron chi connectivity index (χ3n) is 2.02. The van der Waals surface area contributed by atoms with E-state index in [1.54, 1.807) is 18.2 Å². The fraction of sp³-hybridized carbons (Fsp3) is 0.400. The van der Waals surface area contributed by atoms with Gasteiger partial charge in [-0.05, 0) is 24.6 Å². The zero-order valence-corrected chi connectivity index (χ0v) is 9.55. The fourth-order valence-electron chi connectivity index (χ4n) is 1.33. The summed E-state index contributed by atoms with van der Waals surface area (Å²) in [6, 6.07) is 6.77. The third kappa shape index (κ3) is 3.62. The van der Waals surface area contributed by atoms with Crippen LogP contribution in [0.4, 0.5) is 0 Å². The van der Waals surface area contributed by atoms with Crippen molar-refractivity contribution in [1.82, 2.24) is 5.32 Å². The molecule has 15 heavy (non-hydrogen) atoms. The van der Waals surface area contributed by atoms with Gasteiger partial charge in [-0.15, -0.1) is 0 Å². The van der Waals surface area contributed by atoms with Crippen LogP contribution in [0.2, 0.25) is 0 Å². The van der Waals surface area contributed by atoms with E-state index in [4.69, 9.17) is 5.14 Å². The minimum Gasteiger partial charge on any atom is -0.313 e. The minimum absolute atomic E-state index is 0.202. The molecule has 0 aliphatic rings. The van der Waals surface area contributed by atoms with Crippen molar-refractivity contribution in [1.29, 1.82) is 0 Å². The van der Waals surface area contributed by atoms with Crippen molar-refractivity contribution in [3.8, 4) is 0 Å². The van der Waals surface area contributed by atoms with Crippen molar-refractivity contribution in [2.24, 2.45) is 5.14 Å². The van der Waals surface area contributed by atoms with Crippen LogP contribution in [0.3, 0.4) is 0 Å². The largest absolute Gasteiger partial charge is 0.313 e. The van der Waals surface area contributed by atoms with Crippen molar-refractivity contribution >= 4 is 10.0 Å². The van der Waals surface area contributed by atoms with Gasteiger partial charge in [0.05, 0.1) is 4.90 Å². The zero-order valence-electron chi connectivity index (χ0n) is 8.73. The number of hydrogen-bond acceptors (Lipinski definition) is 3. The van der Waals surface area contributed by atoms with Crippen LogP contribution in [0.1, 0.15) is 18.9 Å². The smallest absolute Gasteiger partial charge is 0.238 e. The number of rotatable bonds is 5.